The first-order valence-electron chi connectivity index (χ1n) is 7.89. The highest BCUT2D eigenvalue weighted by atomic mass is 16.5. The van der Waals surface area contributed by atoms with Crippen molar-refractivity contribution in [1.29, 1.82) is 0 Å². The minimum atomic E-state index is -0.340. The first kappa shape index (κ1) is 15.5. The van der Waals surface area contributed by atoms with E-state index in [-0.39, 0.29) is 18.1 Å². The van der Waals surface area contributed by atoms with Crippen LogP contribution in [0.25, 0.3) is 0 Å². The first-order valence-corrected chi connectivity index (χ1v) is 7.89. The molecule has 0 unspecified atom stereocenters. The highest BCUT2D eigenvalue weighted by molar-refractivity contribution is 5.81. The number of likely N-dealkylation sites (tertiary alicyclic amines) is 1. The van der Waals surface area contributed by atoms with Gasteiger partial charge in [-0.15, -0.1) is 0 Å². The van der Waals surface area contributed by atoms with Crippen molar-refractivity contribution in [3.63, 3.8) is 0 Å². The molecule has 0 bridgehead atoms. The zero-order valence-corrected chi connectivity index (χ0v) is 13.2. The smallest absolute Gasteiger partial charge is 0.249 e. The van der Waals surface area contributed by atoms with Gasteiger partial charge in [-0.3, -0.25) is 9.69 Å². The molecule has 6 nitrogen and oxygen atoms in total. The maximum Gasteiger partial charge on any atom is 0.249 e. The second-order valence-corrected chi connectivity index (χ2v) is 6.02. The number of methoxy groups -OCH3 is 1. The lowest BCUT2D eigenvalue weighted by molar-refractivity contribution is -0.132. The van der Waals surface area contributed by atoms with Crippen molar-refractivity contribution in [1.82, 2.24) is 10.2 Å². The van der Waals surface area contributed by atoms with E-state index in [1.165, 1.54) is 0 Å². The number of amides is 1. The summed E-state index contributed by atoms with van der Waals surface area (Å²) in [6.07, 6.45) is 1.55. The molecule has 6 heteroatoms. The van der Waals surface area contributed by atoms with Crippen molar-refractivity contribution >= 4 is 5.91 Å². The van der Waals surface area contributed by atoms with Gasteiger partial charge >= 0.3 is 0 Å². The van der Waals surface area contributed by atoms with E-state index in [4.69, 9.17) is 13.9 Å². The standard InChI is InChI=1S/C16H24N2O4/c1-11-3-4-12(21-11)10-18-7-5-14-13(18)9-15(22-14)16(19)17-6-8-20-2/h3-4,13-15H,5-10H2,1-2H3,(H,17,19)/t13-,14-,15+/m0/s1. The molecule has 3 atom stereocenters. The summed E-state index contributed by atoms with van der Waals surface area (Å²) in [7, 11) is 1.62. The molecule has 1 N–H and O–H groups in total. The minimum absolute atomic E-state index is 0.0276. The predicted octanol–water partition coefficient (Wildman–Crippen LogP) is 1.08. The van der Waals surface area contributed by atoms with Crippen LogP contribution in [-0.4, -0.2) is 55.9 Å². The van der Waals surface area contributed by atoms with Crippen molar-refractivity contribution in [3.8, 4) is 0 Å². The molecule has 0 aliphatic carbocycles. The average Bonchev–Trinajstić information content (AvgIpc) is 3.17. The van der Waals surface area contributed by atoms with Gasteiger partial charge in [0.25, 0.3) is 0 Å². The molecule has 0 aromatic carbocycles. The van der Waals surface area contributed by atoms with Crippen LogP contribution in [0.5, 0.6) is 0 Å². The molecule has 22 heavy (non-hydrogen) atoms. The molecule has 2 fully saturated rings. The fourth-order valence-corrected chi connectivity index (χ4v) is 3.36. The van der Waals surface area contributed by atoms with E-state index < -0.39 is 0 Å². The van der Waals surface area contributed by atoms with Crippen LogP contribution in [0, 0.1) is 6.92 Å². The second kappa shape index (κ2) is 6.81. The molecule has 2 aliphatic heterocycles. The lowest BCUT2D eigenvalue weighted by atomic mass is 10.1. The van der Waals surface area contributed by atoms with Crippen LogP contribution < -0.4 is 5.32 Å². The summed E-state index contributed by atoms with van der Waals surface area (Å²) in [5.41, 5.74) is 0. The maximum atomic E-state index is 12.1. The van der Waals surface area contributed by atoms with E-state index in [1.54, 1.807) is 7.11 Å². The van der Waals surface area contributed by atoms with E-state index in [1.807, 2.05) is 19.1 Å². The van der Waals surface area contributed by atoms with Crippen LogP contribution in [0.15, 0.2) is 16.5 Å². The number of ether oxygens (including phenoxy) is 2. The van der Waals surface area contributed by atoms with Gasteiger partial charge < -0.3 is 19.2 Å². The van der Waals surface area contributed by atoms with Crippen molar-refractivity contribution in [2.24, 2.45) is 0 Å². The third-order valence-electron chi connectivity index (χ3n) is 4.45. The van der Waals surface area contributed by atoms with E-state index in [0.717, 1.165) is 37.5 Å². The van der Waals surface area contributed by atoms with Gasteiger partial charge in [0.15, 0.2) is 0 Å². The Labute approximate surface area is 130 Å². The lowest BCUT2D eigenvalue weighted by Crippen LogP contribution is -2.37. The van der Waals surface area contributed by atoms with Crippen LogP contribution >= 0.6 is 0 Å². The molecular formula is C16H24N2O4. The third-order valence-corrected chi connectivity index (χ3v) is 4.45. The normalized spacial score (nSPS) is 28.0. The number of fused-ring (bicyclic) bond motifs is 1. The number of carbonyl (C=O) groups excluding carboxylic acids is 1. The Balaban J connectivity index is 1.53. The van der Waals surface area contributed by atoms with Crippen LogP contribution in [0.3, 0.4) is 0 Å². The topological polar surface area (TPSA) is 63.9 Å². The van der Waals surface area contributed by atoms with Gasteiger partial charge in [-0.05, 0) is 25.5 Å². The van der Waals surface area contributed by atoms with Gasteiger partial charge in [0.05, 0.1) is 19.3 Å². The Morgan fingerprint density at radius 2 is 2.36 bits per heavy atom. The fraction of sp³-hybridized carbons (Fsp3) is 0.688. The van der Waals surface area contributed by atoms with Crippen LogP contribution in [0.2, 0.25) is 0 Å². The van der Waals surface area contributed by atoms with Crippen LogP contribution in [-0.2, 0) is 20.8 Å². The summed E-state index contributed by atoms with van der Waals surface area (Å²) in [4.78, 5) is 14.5. The summed E-state index contributed by atoms with van der Waals surface area (Å²) in [6, 6.07) is 4.32. The molecule has 0 spiro atoms. The Morgan fingerprint density at radius 1 is 1.50 bits per heavy atom. The average molecular weight is 308 g/mol. The lowest BCUT2D eigenvalue weighted by Gasteiger charge is -2.21. The van der Waals surface area contributed by atoms with Crippen LogP contribution in [0.1, 0.15) is 24.4 Å². The van der Waals surface area contributed by atoms with Crippen molar-refractivity contribution in [2.45, 2.75) is 44.6 Å². The van der Waals surface area contributed by atoms with Gasteiger partial charge in [0.2, 0.25) is 5.91 Å². The van der Waals surface area contributed by atoms with Gasteiger partial charge in [-0.2, -0.15) is 0 Å². The highest BCUT2D eigenvalue weighted by Gasteiger charge is 2.45. The number of nitrogens with zero attached hydrogens (tertiary/aromatic N) is 1. The van der Waals surface area contributed by atoms with E-state index in [2.05, 4.69) is 10.2 Å². The summed E-state index contributed by atoms with van der Waals surface area (Å²) in [5, 5.41) is 2.86. The minimum Gasteiger partial charge on any atom is -0.465 e. The number of aryl methyl sites for hydroxylation is 1. The Kier molecular flexibility index (Phi) is 4.81. The summed E-state index contributed by atoms with van der Waals surface area (Å²) < 4.78 is 16.5. The van der Waals surface area contributed by atoms with Crippen molar-refractivity contribution < 1.29 is 18.7 Å². The fourth-order valence-electron chi connectivity index (χ4n) is 3.36. The Bertz CT molecular complexity index is 516. The first-order chi connectivity index (χ1) is 10.7. The highest BCUT2D eigenvalue weighted by Crippen LogP contribution is 2.34. The number of furan rings is 1. The predicted molar refractivity (Wildman–Crippen MR) is 80.4 cm³/mol. The maximum absolute atomic E-state index is 12.1. The Hall–Kier alpha value is -1.37. The van der Waals surface area contributed by atoms with Crippen LogP contribution in [0.4, 0.5) is 0 Å². The molecule has 1 aromatic rings. The largest absolute Gasteiger partial charge is 0.465 e. The molecule has 2 aliphatic rings. The molecule has 3 rings (SSSR count). The Morgan fingerprint density at radius 3 is 3.09 bits per heavy atom. The molecule has 3 heterocycles. The second-order valence-electron chi connectivity index (χ2n) is 6.02. The van der Waals surface area contributed by atoms with Crippen molar-refractivity contribution in [2.75, 3.05) is 26.8 Å². The summed E-state index contributed by atoms with van der Waals surface area (Å²) in [5.74, 6) is 1.88. The molecule has 1 amide bonds. The number of hydrogen-bond acceptors (Lipinski definition) is 5. The quantitative estimate of drug-likeness (QED) is 0.797. The molecule has 1 aromatic heterocycles. The monoisotopic (exact) mass is 308 g/mol. The number of hydrogen-bond donors (Lipinski definition) is 1. The molecular weight excluding hydrogens is 284 g/mol. The van der Waals surface area contributed by atoms with E-state index in [9.17, 15) is 4.79 Å². The van der Waals surface area contributed by atoms with E-state index >= 15 is 0 Å². The zero-order valence-electron chi connectivity index (χ0n) is 13.2. The molecule has 0 radical (unpaired) electrons. The summed E-state index contributed by atoms with van der Waals surface area (Å²) >= 11 is 0. The molecule has 122 valence electrons. The molecule has 0 saturated carbocycles. The van der Waals surface area contributed by atoms with Gasteiger partial charge in [0.1, 0.15) is 17.6 Å². The van der Waals surface area contributed by atoms with Gasteiger partial charge in [-0.25, -0.2) is 0 Å². The number of rotatable bonds is 6. The molecule has 2 saturated heterocycles. The van der Waals surface area contributed by atoms with Crippen molar-refractivity contribution in [3.05, 3.63) is 23.7 Å². The summed E-state index contributed by atoms with van der Waals surface area (Å²) in [6.45, 7) is 4.79. The van der Waals surface area contributed by atoms with E-state index in [0.29, 0.717) is 19.2 Å². The van der Waals surface area contributed by atoms with Gasteiger partial charge in [-0.1, -0.05) is 0 Å². The number of carbonyl (C=O) groups is 1. The zero-order chi connectivity index (χ0) is 15.5. The van der Waals surface area contributed by atoms with Gasteiger partial charge in [0, 0.05) is 32.7 Å². The SMILES string of the molecule is COCCNC(=O)[C@H]1C[C@H]2[C@H](CCN2Cc2ccc(C)o2)O1. The third kappa shape index (κ3) is 3.34. The number of nitrogens with one attached hydrogen (secondary N) is 1.